The molecule has 0 amide bonds. The van der Waals surface area contributed by atoms with E-state index in [0.29, 0.717) is 23.9 Å². The molecule has 2 atom stereocenters. The first-order valence-electron chi connectivity index (χ1n) is 9.59. The maximum absolute atomic E-state index is 6.20. The van der Waals surface area contributed by atoms with Crippen LogP contribution in [0.15, 0.2) is 72.8 Å². The second kappa shape index (κ2) is 8.45. The molecule has 0 aromatic heterocycles. The number of nitrogens with zero attached hydrogens (tertiary/aromatic N) is 1. The van der Waals surface area contributed by atoms with Crippen LogP contribution in [0.5, 0.6) is 17.2 Å². The van der Waals surface area contributed by atoms with Crippen molar-refractivity contribution in [1.82, 2.24) is 0 Å². The topological polar surface area (TPSA) is 40.2 Å². The smallest absolute Gasteiger partial charge is 0.203 e. The van der Waals surface area contributed by atoms with Gasteiger partial charge in [0.15, 0.2) is 11.5 Å². The van der Waals surface area contributed by atoms with Crippen molar-refractivity contribution in [3.8, 4) is 17.2 Å². The molecular formula is C24H25NO4. The van der Waals surface area contributed by atoms with Crippen LogP contribution < -0.4 is 19.3 Å². The first kappa shape index (κ1) is 19.2. The maximum atomic E-state index is 6.20. The van der Waals surface area contributed by atoms with Crippen LogP contribution in [0.3, 0.4) is 0 Å². The van der Waals surface area contributed by atoms with Gasteiger partial charge < -0.3 is 14.2 Å². The fourth-order valence-electron chi connectivity index (χ4n) is 3.92. The van der Waals surface area contributed by atoms with Crippen molar-refractivity contribution < 1.29 is 19.0 Å². The summed E-state index contributed by atoms with van der Waals surface area (Å²) in [6, 6.07) is 24.6. The Labute approximate surface area is 171 Å². The standard InChI is InChI=1S/C24H25NO4/c1-26-21-14-18(15-22(27-2)24(21)28-3)23-20(17-10-6-4-7-11-17)16-29-25(23)19-12-8-5-9-13-19/h4-15,20,23H,16H2,1-3H3. The van der Waals surface area contributed by atoms with E-state index in [1.54, 1.807) is 21.3 Å². The zero-order chi connectivity index (χ0) is 20.2. The Morgan fingerprint density at radius 3 is 1.90 bits per heavy atom. The minimum atomic E-state index is -0.0477. The Balaban J connectivity index is 1.85. The average Bonchev–Trinajstić information content (AvgIpc) is 3.24. The van der Waals surface area contributed by atoms with Crippen molar-refractivity contribution in [2.45, 2.75) is 12.0 Å². The minimum Gasteiger partial charge on any atom is -0.493 e. The second-order valence-electron chi connectivity index (χ2n) is 6.88. The molecule has 0 bridgehead atoms. The van der Waals surface area contributed by atoms with E-state index in [9.17, 15) is 0 Å². The molecule has 1 aliphatic rings. The van der Waals surface area contributed by atoms with Crippen molar-refractivity contribution in [2.24, 2.45) is 0 Å². The normalized spacial score (nSPS) is 18.5. The molecule has 150 valence electrons. The summed E-state index contributed by atoms with van der Waals surface area (Å²) < 4.78 is 16.7. The summed E-state index contributed by atoms with van der Waals surface area (Å²) in [5.74, 6) is 2.00. The molecule has 3 aromatic rings. The molecule has 1 heterocycles. The van der Waals surface area contributed by atoms with Gasteiger partial charge in [-0.2, -0.15) is 0 Å². The van der Waals surface area contributed by atoms with E-state index in [1.807, 2.05) is 41.5 Å². The monoisotopic (exact) mass is 391 g/mol. The van der Waals surface area contributed by atoms with Gasteiger partial charge in [-0.15, -0.1) is 0 Å². The number of hydrogen-bond donors (Lipinski definition) is 0. The van der Waals surface area contributed by atoms with E-state index < -0.39 is 0 Å². The van der Waals surface area contributed by atoms with Gasteiger partial charge in [-0.1, -0.05) is 48.5 Å². The molecule has 5 heteroatoms. The number of rotatable bonds is 6. The van der Waals surface area contributed by atoms with Gasteiger partial charge >= 0.3 is 0 Å². The van der Waals surface area contributed by atoms with Gasteiger partial charge in [-0.3, -0.25) is 4.84 Å². The fourth-order valence-corrected chi connectivity index (χ4v) is 3.92. The number of para-hydroxylation sites is 1. The molecule has 29 heavy (non-hydrogen) atoms. The first-order valence-corrected chi connectivity index (χ1v) is 9.59. The Morgan fingerprint density at radius 1 is 0.759 bits per heavy atom. The summed E-state index contributed by atoms with van der Waals surface area (Å²) in [6.45, 7) is 0.584. The highest BCUT2D eigenvalue weighted by Gasteiger charge is 2.39. The molecule has 1 fully saturated rings. The predicted molar refractivity (Wildman–Crippen MR) is 113 cm³/mol. The second-order valence-corrected chi connectivity index (χ2v) is 6.88. The lowest BCUT2D eigenvalue weighted by Gasteiger charge is -2.29. The number of methoxy groups -OCH3 is 3. The molecule has 0 aliphatic carbocycles. The molecule has 4 rings (SSSR count). The lowest BCUT2D eigenvalue weighted by atomic mass is 9.87. The highest BCUT2D eigenvalue weighted by Crippen LogP contribution is 2.48. The van der Waals surface area contributed by atoms with Crippen molar-refractivity contribution in [1.29, 1.82) is 0 Å². The Morgan fingerprint density at radius 2 is 1.34 bits per heavy atom. The molecule has 2 unspecified atom stereocenters. The molecule has 0 spiro atoms. The zero-order valence-electron chi connectivity index (χ0n) is 16.9. The van der Waals surface area contributed by atoms with Crippen LogP contribution in [0.25, 0.3) is 0 Å². The average molecular weight is 391 g/mol. The van der Waals surface area contributed by atoms with Gasteiger partial charge in [0.05, 0.1) is 39.7 Å². The van der Waals surface area contributed by atoms with Gasteiger partial charge in [0.2, 0.25) is 5.75 Å². The zero-order valence-corrected chi connectivity index (χ0v) is 16.9. The molecule has 1 saturated heterocycles. The minimum absolute atomic E-state index is 0.0477. The lowest BCUT2D eigenvalue weighted by molar-refractivity contribution is 0.157. The van der Waals surface area contributed by atoms with Gasteiger partial charge in [-0.25, -0.2) is 5.06 Å². The number of anilines is 1. The fraction of sp³-hybridized carbons (Fsp3) is 0.250. The van der Waals surface area contributed by atoms with Crippen LogP contribution >= 0.6 is 0 Å². The molecule has 1 aliphatic heterocycles. The van der Waals surface area contributed by atoms with Crippen molar-refractivity contribution >= 4 is 5.69 Å². The number of benzene rings is 3. The Kier molecular flexibility index (Phi) is 5.58. The third kappa shape index (κ3) is 3.61. The lowest BCUT2D eigenvalue weighted by Crippen LogP contribution is -2.23. The molecule has 0 N–H and O–H groups in total. The Hall–Kier alpha value is -3.18. The predicted octanol–water partition coefficient (Wildman–Crippen LogP) is 4.99. The molecule has 0 saturated carbocycles. The van der Waals surface area contributed by atoms with Crippen LogP contribution in [-0.2, 0) is 4.84 Å². The van der Waals surface area contributed by atoms with Crippen LogP contribution in [0.2, 0.25) is 0 Å². The van der Waals surface area contributed by atoms with Gasteiger partial charge in [0.1, 0.15) is 0 Å². The summed E-state index contributed by atoms with van der Waals surface area (Å²) in [7, 11) is 4.88. The van der Waals surface area contributed by atoms with Crippen molar-refractivity contribution in [2.75, 3.05) is 33.0 Å². The maximum Gasteiger partial charge on any atom is 0.203 e. The molecule has 3 aromatic carbocycles. The molecular weight excluding hydrogens is 366 g/mol. The SMILES string of the molecule is COc1cc(C2C(c3ccccc3)CON2c2ccccc2)cc(OC)c1OC. The third-order valence-corrected chi connectivity index (χ3v) is 5.29. The highest BCUT2D eigenvalue weighted by molar-refractivity contribution is 5.57. The summed E-state index contributed by atoms with van der Waals surface area (Å²) in [4.78, 5) is 6.20. The third-order valence-electron chi connectivity index (χ3n) is 5.29. The van der Waals surface area contributed by atoms with Crippen molar-refractivity contribution in [3.63, 3.8) is 0 Å². The van der Waals surface area contributed by atoms with E-state index in [4.69, 9.17) is 19.0 Å². The van der Waals surface area contributed by atoms with E-state index in [0.717, 1.165) is 11.3 Å². The molecule has 5 nitrogen and oxygen atoms in total. The summed E-state index contributed by atoms with van der Waals surface area (Å²) in [5, 5.41) is 1.98. The summed E-state index contributed by atoms with van der Waals surface area (Å²) in [5.41, 5.74) is 3.27. The number of hydrogen-bond acceptors (Lipinski definition) is 5. The van der Waals surface area contributed by atoms with E-state index in [1.165, 1.54) is 5.56 Å². The quantitative estimate of drug-likeness (QED) is 0.592. The first-order chi connectivity index (χ1) is 14.3. The van der Waals surface area contributed by atoms with Gasteiger partial charge in [0, 0.05) is 5.92 Å². The van der Waals surface area contributed by atoms with Crippen LogP contribution in [0.1, 0.15) is 23.1 Å². The number of ether oxygens (including phenoxy) is 3. The Bertz CT molecular complexity index is 873. The van der Waals surface area contributed by atoms with E-state index >= 15 is 0 Å². The molecule has 0 radical (unpaired) electrons. The van der Waals surface area contributed by atoms with E-state index in [2.05, 4.69) is 36.4 Å². The summed E-state index contributed by atoms with van der Waals surface area (Å²) >= 11 is 0. The van der Waals surface area contributed by atoms with Crippen LogP contribution in [0, 0.1) is 0 Å². The van der Waals surface area contributed by atoms with Crippen molar-refractivity contribution in [3.05, 3.63) is 83.9 Å². The largest absolute Gasteiger partial charge is 0.493 e. The highest BCUT2D eigenvalue weighted by atomic mass is 16.7. The van der Waals surface area contributed by atoms with Crippen LogP contribution in [-0.4, -0.2) is 27.9 Å². The van der Waals surface area contributed by atoms with Gasteiger partial charge in [-0.05, 0) is 35.4 Å². The number of hydroxylamine groups is 1. The van der Waals surface area contributed by atoms with Crippen LogP contribution in [0.4, 0.5) is 5.69 Å². The summed E-state index contributed by atoms with van der Waals surface area (Å²) in [6.07, 6.45) is 0. The van der Waals surface area contributed by atoms with Gasteiger partial charge in [0.25, 0.3) is 0 Å². The van der Waals surface area contributed by atoms with E-state index in [-0.39, 0.29) is 12.0 Å².